The van der Waals surface area contributed by atoms with Crippen molar-refractivity contribution >= 4 is 29.1 Å². The summed E-state index contributed by atoms with van der Waals surface area (Å²) < 4.78 is 0. The van der Waals surface area contributed by atoms with Crippen LogP contribution in [0.2, 0.25) is 10.3 Å². The molecule has 17 heavy (non-hydrogen) atoms. The highest BCUT2D eigenvalue weighted by molar-refractivity contribution is 6.34. The van der Waals surface area contributed by atoms with Crippen molar-refractivity contribution in [3.8, 4) is 6.07 Å². The monoisotopic (exact) mass is 272 g/mol. The molecular formula is C10H10Cl2N4O. The zero-order valence-corrected chi connectivity index (χ0v) is 10.8. The van der Waals surface area contributed by atoms with Crippen LogP contribution in [0.1, 0.15) is 24.2 Å². The third-order valence-corrected chi connectivity index (χ3v) is 2.42. The van der Waals surface area contributed by atoms with Crippen molar-refractivity contribution in [3.63, 3.8) is 0 Å². The van der Waals surface area contributed by atoms with Crippen LogP contribution in [-0.4, -0.2) is 22.6 Å². The van der Waals surface area contributed by atoms with E-state index in [0.717, 1.165) is 0 Å². The Morgan fingerprint density at radius 3 is 2.76 bits per heavy atom. The molecule has 0 aliphatic heterocycles. The van der Waals surface area contributed by atoms with E-state index in [-0.39, 0.29) is 22.4 Å². The Balaban J connectivity index is 2.78. The Hall–Kier alpha value is -1.38. The highest BCUT2D eigenvalue weighted by Gasteiger charge is 2.20. The van der Waals surface area contributed by atoms with Gasteiger partial charge in [-0.05, 0) is 19.9 Å². The fourth-order valence-corrected chi connectivity index (χ4v) is 1.27. The summed E-state index contributed by atoms with van der Waals surface area (Å²) in [6.07, 6.45) is 0. The molecule has 0 saturated heterocycles. The molecule has 0 aliphatic rings. The fourth-order valence-electron chi connectivity index (χ4n) is 0.948. The van der Waals surface area contributed by atoms with Gasteiger partial charge < -0.3 is 5.32 Å². The van der Waals surface area contributed by atoms with E-state index in [9.17, 15) is 4.79 Å². The number of nitrogens with one attached hydrogen (secondary N) is 1. The normalized spacial score (nSPS) is 10.8. The van der Waals surface area contributed by atoms with Gasteiger partial charge in [0.15, 0.2) is 10.3 Å². The van der Waals surface area contributed by atoms with Gasteiger partial charge in [0.25, 0.3) is 5.91 Å². The van der Waals surface area contributed by atoms with Gasteiger partial charge in [0, 0.05) is 6.54 Å². The number of amides is 1. The minimum absolute atomic E-state index is 0.0262. The molecule has 0 bridgehead atoms. The quantitative estimate of drug-likeness (QED) is 0.914. The number of rotatable bonds is 3. The van der Waals surface area contributed by atoms with Crippen LogP contribution in [-0.2, 0) is 0 Å². The van der Waals surface area contributed by atoms with Gasteiger partial charge in [0.1, 0.15) is 0 Å². The zero-order chi connectivity index (χ0) is 13.1. The lowest BCUT2D eigenvalue weighted by molar-refractivity contribution is 0.0943. The average molecular weight is 273 g/mol. The van der Waals surface area contributed by atoms with Gasteiger partial charge in [-0.1, -0.05) is 23.2 Å². The predicted molar refractivity (Wildman–Crippen MR) is 63.8 cm³/mol. The number of nitriles is 1. The molecule has 0 aliphatic carbocycles. The van der Waals surface area contributed by atoms with Crippen LogP contribution in [0.5, 0.6) is 0 Å². The van der Waals surface area contributed by atoms with E-state index in [4.69, 9.17) is 28.5 Å². The number of carbonyl (C=O) groups is 1. The van der Waals surface area contributed by atoms with Crippen LogP contribution < -0.4 is 5.32 Å². The molecule has 1 heterocycles. The standard InChI is InChI=1S/C10H10Cl2N4O/c1-10(2,4-13)5-14-9(17)6-3-7(11)15-16-8(6)12/h3H,5H2,1-2H3,(H,14,17). The van der Waals surface area contributed by atoms with E-state index in [0.29, 0.717) is 0 Å². The highest BCUT2D eigenvalue weighted by atomic mass is 35.5. The number of hydrogen-bond acceptors (Lipinski definition) is 4. The summed E-state index contributed by atoms with van der Waals surface area (Å²) in [6.45, 7) is 3.64. The number of aromatic nitrogens is 2. The molecule has 7 heteroatoms. The van der Waals surface area contributed by atoms with E-state index < -0.39 is 11.3 Å². The maximum atomic E-state index is 11.7. The fraction of sp³-hybridized carbons (Fsp3) is 0.400. The molecule has 0 saturated carbocycles. The summed E-state index contributed by atoms with van der Waals surface area (Å²) in [7, 11) is 0. The minimum atomic E-state index is -0.646. The predicted octanol–water partition coefficient (Wildman–Crippen LogP) is 2.06. The SMILES string of the molecule is CC(C)(C#N)CNC(=O)c1cc(Cl)nnc1Cl. The van der Waals surface area contributed by atoms with E-state index >= 15 is 0 Å². The van der Waals surface area contributed by atoms with E-state index in [1.807, 2.05) is 0 Å². The average Bonchev–Trinajstić information content (AvgIpc) is 2.29. The van der Waals surface area contributed by atoms with Crippen molar-refractivity contribution in [3.05, 3.63) is 21.9 Å². The van der Waals surface area contributed by atoms with Gasteiger partial charge in [0.2, 0.25) is 0 Å². The van der Waals surface area contributed by atoms with Gasteiger partial charge in [0.05, 0.1) is 17.0 Å². The maximum Gasteiger partial charge on any atom is 0.254 e. The molecule has 5 nitrogen and oxygen atoms in total. The Labute approximate surface area is 109 Å². The summed E-state index contributed by atoms with van der Waals surface area (Å²) >= 11 is 11.3. The van der Waals surface area contributed by atoms with Gasteiger partial charge >= 0.3 is 0 Å². The van der Waals surface area contributed by atoms with Crippen molar-refractivity contribution in [1.82, 2.24) is 15.5 Å². The van der Waals surface area contributed by atoms with Crippen LogP contribution in [0, 0.1) is 16.7 Å². The number of nitrogens with zero attached hydrogens (tertiary/aromatic N) is 3. The van der Waals surface area contributed by atoms with E-state index in [1.165, 1.54) is 6.07 Å². The third-order valence-electron chi connectivity index (χ3n) is 1.96. The number of carbonyl (C=O) groups excluding carboxylic acids is 1. The first-order chi connectivity index (χ1) is 7.85. The number of hydrogen-bond donors (Lipinski definition) is 1. The topological polar surface area (TPSA) is 78.7 Å². The molecule has 90 valence electrons. The second-order valence-electron chi connectivity index (χ2n) is 4.05. The molecular weight excluding hydrogens is 263 g/mol. The molecule has 0 atom stereocenters. The van der Waals surface area contributed by atoms with Crippen molar-refractivity contribution in [2.75, 3.05) is 6.54 Å². The Morgan fingerprint density at radius 1 is 1.53 bits per heavy atom. The van der Waals surface area contributed by atoms with Crippen LogP contribution in [0.3, 0.4) is 0 Å². The van der Waals surface area contributed by atoms with Gasteiger partial charge in [-0.3, -0.25) is 4.79 Å². The summed E-state index contributed by atoms with van der Waals surface area (Å²) in [4.78, 5) is 11.7. The van der Waals surface area contributed by atoms with E-state index in [2.05, 4.69) is 21.6 Å². The summed E-state index contributed by atoms with van der Waals surface area (Å²) in [5.41, 5.74) is -0.507. The second kappa shape index (κ2) is 5.30. The lowest BCUT2D eigenvalue weighted by Gasteiger charge is -2.15. The zero-order valence-electron chi connectivity index (χ0n) is 9.29. The van der Waals surface area contributed by atoms with Crippen LogP contribution in [0.25, 0.3) is 0 Å². The Kier molecular flexibility index (Phi) is 4.27. The summed E-state index contributed by atoms with van der Waals surface area (Å²) in [5.74, 6) is -0.435. The second-order valence-corrected chi connectivity index (χ2v) is 4.80. The third kappa shape index (κ3) is 3.84. The van der Waals surface area contributed by atoms with Crippen molar-refractivity contribution in [1.29, 1.82) is 5.26 Å². The smallest absolute Gasteiger partial charge is 0.254 e. The first kappa shape index (κ1) is 13.7. The number of halogens is 2. The first-order valence-corrected chi connectivity index (χ1v) is 5.49. The molecule has 0 aromatic carbocycles. The molecule has 1 rings (SSSR count). The minimum Gasteiger partial charge on any atom is -0.350 e. The highest BCUT2D eigenvalue weighted by Crippen LogP contribution is 2.16. The van der Waals surface area contributed by atoms with Crippen LogP contribution in [0.15, 0.2) is 6.07 Å². The maximum absolute atomic E-state index is 11.7. The summed E-state index contributed by atoms with van der Waals surface area (Å²) in [5, 5.41) is 18.5. The molecule has 0 radical (unpaired) electrons. The van der Waals surface area contributed by atoms with Gasteiger partial charge in [-0.2, -0.15) is 5.26 Å². The first-order valence-electron chi connectivity index (χ1n) is 4.74. The molecule has 1 N–H and O–H groups in total. The van der Waals surface area contributed by atoms with E-state index in [1.54, 1.807) is 13.8 Å². The Bertz CT molecular complexity index is 482. The van der Waals surface area contributed by atoms with Crippen molar-refractivity contribution in [2.24, 2.45) is 5.41 Å². The lowest BCUT2D eigenvalue weighted by Crippen LogP contribution is -2.33. The summed E-state index contributed by atoms with van der Waals surface area (Å²) in [6, 6.07) is 3.40. The van der Waals surface area contributed by atoms with Crippen molar-refractivity contribution < 1.29 is 4.79 Å². The molecule has 1 aromatic rings. The van der Waals surface area contributed by atoms with Crippen LogP contribution >= 0.6 is 23.2 Å². The molecule has 0 unspecified atom stereocenters. The molecule has 0 spiro atoms. The molecule has 1 amide bonds. The lowest BCUT2D eigenvalue weighted by atomic mass is 9.96. The molecule has 0 fully saturated rings. The van der Waals surface area contributed by atoms with Gasteiger partial charge in [-0.15, -0.1) is 10.2 Å². The van der Waals surface area contributed by atoms with Crippen molar-refractivity contribution in [2.45, 2.75) is 13.8 Å². The van der Waals surface area contributed by atoms with Crippen LogP contribution in [0.4, 0.5) is 0 Å². The largest absolute Gasteiger partial charge is 0.350 e. The molecule has 1 aromatic heterocycles. The Morgan fingerprint density at radius 2 is 2.18 bits per heavy atom. The van der Waals surface area contributed by atoms with Gasteiger partial charge in [-0.25, -0.2) is 0 Å².